The van der Waals surface area contributed by atoms with E-state index in [9.17, 15) is 10.1 Å². The Morgan fingerprint density at radius 2 is 1.95 bits per heavy atom. The van der Waals surface area contributed by atoms with Crippen LogP contribution in [0, 0.1) is 10.1 Å². The van der Waals surface area contributed by atoms with E-state index in [0.717, 1.165) is 5.56 Å². The summed E-state index contributed by atoms with van der Waals surface area (Å²) in [4.78, 5) is 10.4. The second kappa shape index (κ2) is 5.58. The fraction of sp³-hybridized carbons (Fsp3) is 0.143. The average molecular weight is 273 g/mol. The van der Waals surface area contributed by atoms with Gasteiger partial charge < -0.3 is 16.6 Å². The number of hydrogen-bond acceptors (Lipinski definition) is 5. The largest absolute Gasteiger partial charge is 0.399 e. The highest BCUT2D eigenvalue weighted by Crippen LogP contribution is 2.32. The predicted molar refractivity (Wildman–Crippen MR) is 78.1 cm³/mol. The maximum atomic E-state index is 10.8. The number of nitrogens with zero attached hydrogens (tertiary/aromatic N) is 1. The van der Waals surface area contributed by atoms with Crippen LogP contribution < -0.4 is 11.5 Å². The molecule has 2 aromatic rings. The van der Waals surface area contributed by atoms with Crippen LogP contribution in [-0.4, -0.2) is 16.6 Å². The molecule has 0 heterocycles. The first kappa shape index (κ1) is 13.8. The lowest BCUT2D eigenvalue weighted by Gasteiger charge is -2.13. The van der Waals surface area contributed by atoms with Crippen LogP contribution in [0.15, 0.2) is 36.4 Å². The zero-order valence-corrected chi connectivity index (χ0v) is 10.7. The van der Waals surface area contributed by atoms with Crippen molar-refractivity contribution < 1.29 is 10.0 Å². The molecule has 5 N–H and O–H groups in total. The van der Waals surface area contributed by atoms with Crippen LogP contribution in [-0.2, 0) is 6.42 Å². The number of anilines is 2. The van der Waals surface area contributed by atoms with Gasteiger partial charge in [-0.05, 0) is 35.2 Å². The molecule has 6 heteroatoms. The monoisotopic (exact) mass is 273 g/mol. The number of rotatable bonds is 4. The van der Waals surface area contributed by atoms with Gasteiger partial charge in [-0.1, -0.05) is 12.1 Å². The summed E-state index contributed by atoms with van der Waals surface area (Å²) in [6, 6.07) is 9.57. The van der Waals surface area contributed by atoms with E-state index >= 15 is 0 Å². The molecule has 0 radical (unpaired) electrons. The Morgan fingerprint density at radius 1 is 1.20 bits per heavy atom. The van der Waals surface area contributed by atoms with Crippen molar-refractivity contribution >= 4 is 17.1 Å². The first-order valence-corrected chi connectivity index (χ1v) is 6.06. The standard InChI is InChI=1S/C14H15N3O3/c15-10-7-13(12(4-5-18)14(16)8-10)9-2-1-3-11(6-9)17(19)20/h1-3,6-8,18H,4-5,15-16H2. The van der Waals surface area contributed by atoms with Crippen molar-refractivity contribution in [2.75, 3.05) is 18.1 Å². The summed E-state index contributed by atoms with van der Waals surface area (Å²) in [5, 5.41) is 20.0. The molecule has 0 aliphatic carbocycles. The molecule has 0 spiro atoms. The minimum absolute atomic E-state index is 0.00144. The topological polar surface area (TPSA) is 115 Å². The van der Waals surface area contributed by atoms with E-state index in [-0.39, 0.29) is 12.3 Å². The van der Waals surface area contributed by atoms with E-state index in [1.807, 2.05) is 0 Å². The van der Waals surface area contributed by atoms with Gasteiger partial charge >= 0.3 is 0 Å². The van der Waals surface area contributed by atoms with E-state index in [1.54, 1.807) is 24.3 Å². The summed E-state index contributed by atoms with van der Waals surface area (Å²) >= 11 is 0. The quantitative estimate of drug-likeness (QED) is 0.447. The Kier molecular flexibility index (Phi) is 3.86. The highest BCUT2D eigenvalue weighted by Gasteiger charge is 2.13. The normalized spacial score (nSPS) is 10.4. The van der Waals surface area contributed by atoms with Crippen molar-refractivity contribution in [3.63, 3.8) is 0 Å². The summed E-state index contributed by atoms with van der Waals surface area (Å²) in [6.07, 6.45) is 0.365. The molecule has 0 bridgehead atoms. The second-order valence-electron chi connectivity index (χ2n) is 4.42. The molecule has 0 aromatic heterocycles. The van der Waals surface area contributed by atoms with E-state index in [4.69, 9.17) is 16.6 Å². The van der Waals surface area contributed by atoms with Crippen molar-refractivity contribution in [3.05, 3.63) is 52.1 Å². The summed E-state index contributed by atoms with van der Waals surface area (Å²) in [5.74, 6) is 0. The van der Waals surface area contributed by atoms with Gasteiger partial charge in [-0.15, -0.1) is 0 Å². The molecule has 0 atom stereocenters. The third kappa shape index (κ3) is 2.70. The van der Waals surface area contributed by atoms with Gasteiger partial charge in [-0.25, -0.2) is 0 Å². The van der Waals surface area contributed by atoms with Crippen molar-refractivity contribution in [1.29, 1.82) is 0 Å². The Balaban J connectivity index is 2.61. The molecular formula is C14H15N3O3. The second-order valence-corrected chi connectivity index (χ2v) is 4.42. The van der Waals surface area contributed by atoms with Crippen molar-refractivity contribution in [2.24, 2.45) is 0 Å². The van der Waals surface area contributed by atoms with E-state index in [2.05, 4.69) is 0 Å². The smallest absolute Gasteiger partial charge is 0.270 e. The number of nitrogen functional groups attached to an aromatic ring is 2. The molecule has 0 saturated carbocycles. The summed E-state index contributed by atoms with van der Waals surface area (Å²) in [6.45, 7) is -0.0595. The lowest BCUT2D eigenvalue weighted by Crippen LogP contribution is -2.02. The maximum absolute atomic E-state index is 10.8. The van der Waals surface area contributed by atoms with Gasteiger partial charge in [0.2, 0.25) is 0 Å². The number of aliphatic hydroxyl groups excluding tert-OH is 1. The highest BCUT2D eigenvalue weighted by molar-refractivity contribution is 5.78. The molecule has 104 valence electrons. The molecule has 0 fully saturated rings. The molecule has 20 heavy (non-hydrogen) atoms. The van der Waals surface area contributed by atoms with Gasteiger partial charge in [0.1, 0.15) is 0 Å². The van der Waals surface area contributed by atoms with Crippen LogP contribution in [0.5, 0.6) is 0 Å². The Labute approximate surface area is 115 Å². The number of aliphatic hydroxyl groups is 1. The van der Waals surface area contributed by atoms with Crippen LogP contribution in [0.1, 0.15) is 5.56 Å². The maximum Gasteiger partial charge on any atom is 0.270 e. The number of hydrogen-bond donors (Lipinski definition) is 3. The number of nitro benzene ring substituents is 1. The fourth-order valence-electron chi connectivity index (χ4n) is 2.15. The van der Waals surface area contributed by atoms with Gasteiger partial charge in [-0.3, -0.25) is 10.1 Å². The molecule has 0 unspecified atom stereocenters. The van der Waals surface area contributed by atoms with Crippen LogP contribution in [0.2, 0.25) is 0 Å². The van der Waals surface area contributed by atoms with E-state index in [1.165, 1.54) is 12.1 Å². The summed E-state index contributed by atoms with van der Waals surface area (Å²) < 4.78 is 0. The lowest BCUT2D eigenvalue weighted by atomic mass is 9.95. The molecule has 0 aliphatic rings. The van der Waals surface area contributed by atoms with Gasteiger partial charge in [0, 0.05) is 30.1 Å². The number of nitro groups is 1. The molecule has 2 rings (SSSR count). The van der Waals surface area contributed by atoms with Crippen molar-refractivity contribution in [2.45, 2.75) is 6.42 Å². The van der Waals surface area contributed by atoms with Crippen LogP contribution in [0.3, 0.4) is 0 Å². The third-order valence-corrected chi connectivity index (χ3v) is 3.04. The highest BCUT2D eigenvalue weighted by atomic mass is 16.6. The zero-order chi connectivity index (χ0) is 14.7. The van der Waals surface area contributed by atoms with E-state index in [0.29, 0.717) is 28.9 Å². The van der Waals surface area contributed by atoms with Crippen LogP contribution in [0.4, 0.5) is 17.1 Å². The summed E-state index contributed by atoms with van der Waals surface area (Å²) in [7, 11) is 0. The minimum atomic E-state index is -0.454. The molecule has 2 aromatic carbocycles. The Hall–Kier alpha value is -2.60. The molecular weight excluding hydrogens is 258 g/mol. The van der Waals surface area contributed by atoms with Gasteiger partial charge in [0.05, 0.1) is 4.92 Å². The van der Waals surface area contributed by atoms with Crippen LogP contribution >= 0.6 is 0 Å². The number of benzene rings is 2. The van der Waals surface area contributed by atoms with Gasteiger partial charge in [0.15, 0.2) is 0 Å². The van der Waals surface area contributed by atoms with Gasteiger partial charge in [0.25, 0.3) is 5.69 Å². The Bertz CT molecular complexity index is 656. The van der Waals surface area contributed by atoms with E-state index < -0.39 is 4.92 Å². The molecule has 0 amide bonds. The molecule has 6 nitrogen and oxygen atoms in total. The van der Waals surface area contributed by atoms with Crippen LogP contribution in [0.25, 0.3) is 11.1 Å². The van der Waals surface area contributed by atoms with Crippen molar-refractivity contribution in [1.82, 2.24) is 0 Å². The SMILES string of the molecule is Nc1cc(N)c(CCO)c(-c2cccc([N+](=O)[O-])c2)c1. The predicted octanol–water partition coefficient (Wildman–Crippen LogP) is 1.96. The fourth-order valence-corrected chi connectivity index (χ4v) is 2.15. The minimum Gasteiger partial charge on any atom is -0.399 e. The lowest BCUT2D eigenvalue weighted by molar-refractivity contribution is -0.384. The zero-order valence-electron chi connectivity index (χ0n) is 10.7. The first-order valence-electron chi connectivity index (χ1n) is 6.06. The summed E-state index contributed by atoms with van der Waals surface area (Å²) in [5.41, 5.74) is 14.8. The molecule has 0 aliphatic heterocycles. The Morgan fingerprint density at radius 3 is 2.60 bits per heavy atom. The third-order valence-electron chi connectivity index (χ3n) is 3.04. The first-order chi connectivity index (χ1) is 9.52. The number of non-ortho nitro benzene ring substituents is 1. The number of nitrogens with two attached hydrogens (primary N) is 2. The van der Waals surface area contributed by atoms with Crippen molar-refractivity contribution in [3.8, 4) is 11.1 Å². The average Bonchev–Trinajstić information content (AvgIpc) is 2.41. The molecule has 0 saturated heterocycles. The van der Waals surface area contributed by atoms with Gasteiger partial charge in [-0.2, -0.15) is 0 Å².